The minimum absolute atomic E-state index is 0.620. The second kappa shape index (κ2) is 10.4. The van der Waals surface area contributed by atoms with Crippen molar-refractivity contribution in [1.82, 2.24) is 0 Å². The Balaban J connectivity index is 1.30. The monoisotopic (exact) mass is 587 g/mol. The van der Waals surface area contributed by atoms with Gasteiger partial charge in [0, 0.05) is 21.5 Å². The Bertz CT molecular complexity index is 2650. The van der Waals surface area contributed by atoms with Crippen molar-refractivity contribution in [2.45, 2.75) is 0 Å². The van der Waals surface area contributed by atoms with Crippen LogP contribution < -0.4 is 0 Å². The summed E-state index contributed by atoms with van der Waals surface area (Å²) in [7, 11) is 0. The molecule has 0 spiro atoms. The number of benzene rings is 7. The molecule has 0 aliphatic rings. The number of fused-ring (bicyclic) bond motifs is 6. The number of hydrogen-bond acceptors (Lipinski definition) is 3. The second-order valence-electron chi connectivity index (χ2n) is 11.7. The van der Waals surface area contributed by atoms with Crippen LogP contribution in [0.1, 0.15) is 5.56 Å². The zero-order valence-corrected chi connectivity index (χ0v) is 24.7. The van der Waals surface area contributed by atoms with E-state index in [1.165, 1.54) is 0 Å². The Morgan fingerprint density at radius 2 is 0.935 bits per heavy atom. The van der Waals surface area contributed by atoms with Crippen molar-refractivity contribution in [3.8, 4) is 50.6 Å². The first-order valence-electron chi connectivity index (χ1n) is 15.3. The Morgan fingerprint density at radius 3 is 1.72 bits per heavy atom. The van der Waals surface area contributed by atoms with E-state index in [9.17, 15) is 5.26 Å². The third-order valence-electron chi connectivity index (χ3n) is 8.86. The van der Waals surface area contributed by atoms with E-state index < -0.39 is 0 Å². The van der Waals surface area contributed by atoms with Gasteiger partial charge in [-0.05, 0) is 111 Å². The van der Waals surface area contributed by atoms with Gasteiger partial charge in [0.15, 0.2) is 0 Å². The first-order chi connectivity index (χ1) is 22.7. The van der Waals surface area contributed by atoms with E-state index in [1.807, 2.05) is 66.7 Å². The van der Waals surface area contributed by atoms with Crippen LogP contribution in [0.15, 0.2) is 160 Å². The molecule has 9 aromatic rings. The molecule has 9 rings (SSSR count). The van der Waals surface area contributed by atoms with Gasteiger partial charge in [0.1, 0.15) is 22.3 Å². The first-order valence-corrected chi connectivity index (χ1v) is 15.3. The van der Waals surface area contributed by atoms with Crippen molar-refractivity contribution in [3.05, 3.63) is 157 Å². The van der Waals surface area contributed by atoms with Gasteiger partial charge < -0.3 is 8.83 Å². The normalized spacial score (nSPS) is 11.5. The minimum Gasteiger partial charge on any atom is -0.456 e. The molecule has 3 nitrogen and oxygen atoms in total. The van der Waals surface area contributed by atoms with Gasteiger partial charge in [0.05, 0.1) is 11.6 Å². The van der Waals surface area contributed by atoms with E-state index in [1.54, 1.807) is 0 Å². The summed E-state index contributed by atoms with van der Waals surface area (Å²) in [6, 6.07) is 54.4. The van der Waals surface area contributed by atoms with E-state index >= 15 is 0 Å². The average Bonchev–Trinajstić information content (AvgIpc) is 3.69. The summed E-state index contributed by atoms with van der Waals surface area (Å²) in [6.07, 6.45) is 0. The number of nitrogens with zero attached hydrogens (tertiary/aromatic N) is 1. The molecule has 0 fully saturated rings. The molecule has 3 heteroatoms. The van der Waals surface area contributed by atoms with Crippen LogP contribution in [0, 0.1) is 11.3 Å². The van der Waals surface area contributed by atoms with Gasteiger partial charge in [0.2, 0.25) is 0 Å². The summed E-state index contributed by atoms with van der Waals surface area (Å²) < 4.78 is 12.6. The summed E-state index contributed by atoms with van der Waals surface area (Å²) in [4.78, 5) is 0. The molecule has 0 saturated heterocycles. The van der Waals surface area contributed by atoms with Crippen molar-refractivity contribution in [2.75, 3.05) is 0 Å². The van der Waals surface area contributed by atoms with Crippen molar-refractivity contribution in [1.29, 1.82) is 5.26 Å². The smallest absolute Gasteiger partial charge is 0.136 e. The Kier molecular flexibility index (Phi) is 5.88. The van der Waals surface area contributed by atoms with Crippen LogP contribution >= 0.6 is 0 Å². The fourth-order valence-corrected chi connectivity index (χ4v) is 6.69. The maximum absolute atomic E-state index is 10.0. The predicted octanol–water partition coefficient (Wildman–Crippen LogP) is 12.0. The summed E-state index contributed by atoms with van der Waals surface area (Å²) in [6.45, 7) is 0. The van der Waals surface area contributed by atoms with Crippen LogP contribution in [0.2, 0.25) is 0 Å². The first kappa shape index (κ1) is 26.1. The van der Waals surface area contributed by atoms with Crippen molar-refractivity contribution >= 4 is 43.9 Å². The topological polar surface area (TPSA) is 50.1 Å². The molecule has 46 heavy (non-hydrogen) atoms. The molecule has 214 valence electrons. The summed E-state index contributed by atoms with van der Waals surface area (Å²) in [5.41, 5.74) is 12.4. The maximum atomic E-state index is 10.0. The molecule has 0 aliphatic heterocycles. The van der Waals surface area contributed by atoms with Crippen LogP contribution in [0.4, 0.5) is 0 Å². The standard InChI is InChI=1S/C43H25NO2/c44-26-27-19-30(28-9-2-1-3-10-28)21-31(20-27)33-22-32(29-17-18-37-36-11-4-6-14-39(36)46-42(37)25-29)23-34(24-33)35-13-8-16-41-43(35)38-12-5-7-15-40(38)45-41/h1-25H. The molecule has 2 heterocycles. The van der Waals surface area contributed by atoms with Crippen molar-refractivity contribution in [3.63, 3.8) is 0 Å². The van der Waals surface area contributed by atoms with Crippen molar-refractivity contribution in [2.24, 2.45) is 0 Å². The third-order valence-corrected chi connectivity index (χ3v) is 8.86. The molecule has 2 aromatic heterocycles. The predicted molar refractivity (Wildman–Crippen MR) is 187 cm³/mol. The van der Waals surface area contributed by atoms with Gasteiger partial charge in [-0.15, -0.1) is 0 Å². The molecule has 0 saturated carbocycles. The number of nitriles is 1. The molecular formula is C43H25NO2. The molecule has 0 N–H and O–H groups in total. The van der Waals surface area contributed by atoms with Gasteiger partial charge in [-0.1, -0.05) is 84.9 Å². The zero-order chi connectivity index (χ0) is 30.6. The van der Waals surface area contributed by atoms with Gasteiger partial charge >= 0.3 is 0 Å². The molecule has 0 amide bonds. The lowest BCUT2D eigenvalue weighted by atomic mass is 9.90. The quantitative estimate of drug-likeness (QED) is 0.206. The van der Waals surface area contributed by atoms with E-state index in [0.29, 0.717) is 5.56 Å². The van der Waals surface area contributed by atoms with E-state index in [2.05, 4.69) is 91.0 Å². The highest BCUT2D eigenvalue weighted by Gasteiger charge is 2.16. The van der Waals surface area contributed by atoms with Crippen LogP contribution in [0.25, 0.3) is 88.4 Å². The molecule has 0 bridgehead atoms. The van der Waals surface area contributed by atoms with Gasteiger partial charge in [-0.2, -0.15) is 5.26 Å². The highest BCUT2D eigenvalue weighted by Crippen LogP contribution is 2.41. The molecule has 0 radical (unpaired) electrons. The summed E-state index contributed by atoms with van der Waals surface area (Å²) in [5.74, 6) is 0. The van der Waals surface area contributed by atoms with Gasteiger partial charge in [-0.3, -0.25) is 0 Å². The Morgan fingerprint density at radius 1 is 0.370 bits per heavy atom. The van der Waals surface area contributed by atoms with Crippen molar-refractivity contribution < 1.29 is 8.83 Å². The van der Waals surface area contributed by atoms with Gasteiger partial charge in [-0.25, -0.2) is 0 Å². The lowest BCUT2D eigenvalue weighted by Gasteiger charge is -2.14. The zero-order valence-electron chi connectivity index (χ0n) is 24.7. The van der Waals surface area contributed by atoms with Gasteiger partial charge in [0.25, 0.3) is 0 Å². The Hall–Kier alpha value is -6.37. The van der Waals surface area contributed by atoms with Crippen LogP contribution in [-0.2, 0) is 0 Å². The fraction of sp³-hybridized carbons (Fsp3) is 0. The van der Waals surface area contributed by atoms with E-state index in [-0.39, 0.29) is 0 Å². The summed E-state index contributed by atoms with van der Waals surface area (Å²) in [5, 5.41) is 14.4. The average molecular weight is 588 g/mol. The molecule has 0 aliphatic carbocycles. The van der Waals surface area contributed by atoms with Crippen LogP contribution in [-0.4, -0.2) is 0 Å². The fourth-order valence-electron chi connectivity index (χ4n) is 6.69. The maximum Gasteiger partial charge on any atom is 0.136 e. The molecule has 0 atom stereocenters. The largest absolute Gasteiger partial charge is 0.456 e. The highest BCUT2D eigenvalue weighted by atomic mass is 16.3. The molecule has 0 unspecified atom stereocenters. The van der Waals surface area contributed by atoms with E-state index in [0.717, 1.165) is 88.4 Å². The number of rotatable bonds is 4. The lowest BCUT2D eigenvalue weighted by molar-refractivity contribution is 0.668. The number of hydrogen-bond donors (Lipinski definition) is 0. The SMILES string of the molecule is N#Cc1cc(-c2ccccc2)cc(-c2cc(-c3ccc4c(c3)oc3ccccc34)cc(-c3cccc4oc5ccccc5c34)c2)c1. The highest BCUT2D eigenvalue weighted by molar-refractivity contribution is 6.13. The molecule has 7 aromatic carbocycles. The van der Waals surface area contributed by atoms with Crippen LogP contribution in [0.5, 0.6) is 0 Å². The van der Waals surface area contributed by atoms with E-state index in [4.69, 9.17) is 8.83 Å². The summed E-state index contributed by atoms with van der Waals surface area (Å²) >= 11 is 0. The Labute approximate surface area is 265 Å². The number of para-hydroxylation sites is 2. The second-order valence-corrected chi connectivity index (χ2v) is 11.7. The third kappa shape index (κ3) is 4.28. The van der Waals surface area contributed by atoms with Crippen LogP contribution in [0.3, 0.4) is 0 Å². The minimum atomic E-state index is 0.620. The lowest BCUT2D eigenvalue weighted by Crippen LogP contribution is -1.89. The number of furan rings is 2. The molecular weight excluding hydrogens is 562 g/mol.